The van der Waals surface area contributed by atoms with Crippen molar-refractivity contribution in [1.29, 1.82) is 0 Å². The van der Waals surface area contributed by atoms with E-state index in [9.17, 15) is 157 Å². The SMILES string of the molecule is C.C.C=C.C=C.CCF.CCF.CCF.CCF.FCF.FCF.FCF.FCF.FCOC1=C(F)OC(F)(F)O1.FCOC1=C(F)OC(F)(F)O1.FCOF.FCOF.FCOF.FCOF.FCOF.FCOF.O=S(=O)(O)F.O=S(=O)(O)F.OOSF.OOSF.OO[S-].OO[S-].[CH3+].[CH3+].[W].[W].[Y].[Y]. The van der Waals surface area contributed by atoms with Crippen LogP contribution in [0.2, 0.25) is 0 Å². The molecule has 0 saturated carbocycles. The first-order chi connectivity index (χ1) is 45.6. The van der Waals surface area contributed by atoms with Gasteiger partial charge in [0, 0.05) is 122 Å². The fraction of sp³-hybridized carbons (Fsp3) is 0.706. The Bertz CT molecular complexity index is 1280. The minimum atomic E-state index is -5.17. The first kappa shape index (κ1) is 202. The van der Waals surface area contributed by atoms with Crippen molar-refractivity contribution in [3.05, 3.63) is 65.1 Å². The van der Waals surface area contributed by atoms with Crippen molar-refractivity contribution in [2.45, 2.75) is 55.1 Å². The molecule has 670 valence electrons. The summed E-state index contributed by atoms with van der Waals surface area (Å²) < 4.78 is 452. The van der Waals surface area contributed by atoms with Crippen LogP contribution < -0.4 is 0 Å². The van der Waals surface area contributed by atoms with Gasteiger partial charge in [-0.2, -0.15) is 55.3 Å². The largest absolute Gasteiger partial charge is 0.590 e. The topological polar surface area (TPSA) is 337 Å². The summed E-state index contributed by atoms with van der Waals surface area (Å²) in [5.74, 6) is -2.56. The zero-order chi connectivity index (χ0) is 84.4. The van der Waals surface area contributed by atoms with Crippen LogP contribution in [0, 0.1) is 14.9 Å². The molecule has 0 aliphatic carbocycles. The quantitative estimate of drug-likeness (QED) is 0.0122. The number of hydrogen-bond acceptors (Lipinski definition) is 28. The Labute approximate surface area is 683 Å². The molecule has 0 spiro atoms. The second-order valence-electron chi connectivity index (χ2n) is 6.99. The molecule has 6 N–H and O–H groups in total. The molecule has 2 radical (unpaired) electrons. The molecular weight excluding hydrogens is 2250 g/mol. The van der Waals surface area contributed by atoms with Crippen LogP contribution in [0.3, 0.4) is 0 Å². The van der Waals surface area contributed by atoms with Crippen molar-refractivity contribution in [2.24, 2.45) is 0 Å². The van der Waals surface area contributed by atoms with Gasteiger partial charge in [-0.1, -0.05) is 22.6 Å². The summed E-state index contributed by atoms with van der Waals surface area (Å²) in [6.45, 7) is -1.19. The van der Waals surface area contributed by atoms with Gasteiger partial charge in [-0.05, 0) is 54.9 Å². The zero-order valence-electron chi connectivity index (χ0n) is 52.0. The van der Waals surface area contributed by atoms with E-state index in [1.54, 1.807) is 0 Å². The summed E-state index contributed by atoms with van der Waals surface area (Å²) in [4.78, 5) is 14.2. The average Bonchev–Trinajstić information content (AvgIpc) is 1.72. The smallest absolute Gasteiger partial charge is 0.582 e. The molecule has 0 aromatic rings. The van der Waals surface area contributed by atoms with E-state index in [4.69, 9.17) is 47.0 Å². The van der Waals surface area contributed by atoms with E-state index in [1.165, 1.54) is 27.7 Å². The van der Waals surface area contributed by atoms with E-state index < -0.39 is 165 Å². The van der Waals surface area contributed by atoms with Crippen LogP contribution in [0.4, 0.5) is 157 Å². The van der Waals surface area contributed by atoms with Crippen molar-refractivity contribution in [3.63, 3.8) is 0 Å². The molecule has 0 aromatic carbocycles. The van der Waals surface area contributed by atoms with Gasteiger partial charge in [0.2, 0.25) is 107 Å². The van der Waals surface area contributed by atoms with E-state index in [0.29, 0.717) is 0 Å². The van der Waals surface area contributed by atoms with Gasteiger partial charge in [0.05, 0.1) is 26.7 Å². The first-order valence-electron chi connectivity index (χ1n) is 19.1. The standard InChI is InChI=1S/2C4H2F4O3.4C2H5F.2C2H4.6CH2F2O.4CH2F2.2CH4.2CH3.2FHO3S.2FHO2S.2H2O2S.2W.2Y/c2*5-1-9-3-2(6)10-4(7,8)11-3;4*1-2-3;2*1-2;6*2-1-4-3;4*2-1-3;;;;;2*1-5(2,3)4;2*1-4-3-2;2*1-2-3;;;;/h2*1H2;4*2H2,1H3;2*1-2H2;6*1H2;4*1H2;2*1H4;2*1H3;2*(H,2,3,4);2*2H;2*1,3H;;;;/q;;;;;;;;;;;;;;;;;;;;2*+1;;;;;;;;;;/p-2. The minimum Gasteiger partial charge on any atom is -0.582 e. The summed E-state index contributed by atoms with van der Waals surface area (Å²) in [7, 11) is -10.3. The molecule has 0 aromatic heterocycles. The van der Waals surface area contributed by atoms with Crippen LogP contribution in [-0.2, 0) is 230 Å². The van der Waals surface area contributed by atoms with Gasteiger partial charge in [-0.3, -0.25) is 37.2 Å². The third-order valence-corrected chi connectivity index (χ3v) is 1.95. The van der Waals surface area contributed by atoms with Crippen LogP contribution >= 0.6 is 24.9 Å². The van der Waals surface area contributed by atoms with Crippen LogP contribution in [0.1, 0.15) is 42.5 Å². The molecule has 0 fully saturated rings. The monoisotopic (exact) mass is 2320 g/mol. The Morgan fingerprint density at radius 1 is 0.396 bits per heavy atom. The van der Waals surface area contributed by atoms with E-state index >= 15 is 0 Å². The number of rotatable bonds is 12. The van der Waals surface area contributed by atoms with Gasteiger partial charge in [0.1, 0.15) is 0 Å². The first-order valence-corrected chi connectivity index (χ1v) is 23.8. The Morgan fingerprint density at radius 3 is 0.519 bits per heavy atom. The number of alkyl halides is 24. The maximum atomic E-state index is 12.0. The normalized spacial score (nSPS) is 9.51. The van der Waals surface area contributed by atoms with E-state index in [2.05, 4.69) is 128 Å². The van der Waals surface area contributed by atoms with Gasteiger partial charge in [0.25, 0.3) is 0 Å². The number of hydrogen-bond donors (Lipinski definition) is 6. The molecule has 0 bridgehead atoms. The van der Waals surface area contributed by atoms with Gasteiger partial charge >= 0.3 is 57.5 Å². The molecule has 72 heteroatoms. The van der Waals surface area contributed by atoms with Crippen molar-refractivity contribution < 1.29 is 387 Å². The second-order valence-corrected chi connectivity index (χ2v) is 9.49. The van der Waals surface area contributed by atoms with Gasteiger partial charge in [0.15, 0.2) is 0 Å². The Morgan fingerprint density at radius 2 is 0.481 bits per heavy atom. The third-order valence-electron chi connectivity index (χ3n) is 1.84. The summed E-state index contributed by atoms with van der Waals surface area (Å²) in [6, 6.07) is -3.54. The number of halogens is 36. The van der Waals surface area contributed by atoms with Gasteiger partial charge in [-0.25, -0.2) is 80.8 Å². The molecule has 0 amide bonds. The summed E-state index contributed by atoms with van der Waals surface area (Å²) >= 11 is 5.72. The predicted molar refractivity (Wildman–Crippen MR) is 290 cm³/mol. The fourth-order valence-electron chi connectivity index (χ4n) is 0.901. The molecule has 2 aliphatic rings. The zero-order valence-corrected chi connectivity index (χ0v) is 68.5. The molecule has 106 heavy (non-hydrogen) atoms. The minimum absolute atomic E-state index is 0. The van der Waals surface area contributed by atoms with E-state index in [0.717, 1.165) is 0 Å². The van der Waals surface area contributed by atoms with Crippen LogP contribution in [-0.4, -0.2) is 169 Å². The summed E-state index contributed by atoms with van der Waals surface area (Å²) in [5, 5.41) is 27.7. The van der Waals surface area contributed by atoms with Crippen molar-refractivity contribution in [3.8, 4) is 0 Å². The molecule has 26 nitrogen and oxygen atoms in total. The Hall–Kier alpha value is -0.776. The maximum absolute atomic E-state index is 12.0. The van der Waals surface area contributed by atoms with Crippen LogP contribution in [0.25, 0.3) is 0 Å². The summed E-state index contributed by atoms with van der Waals surface area (Å²) in [6.07, 6.45) is -8.21. The molecule has 0 unspecified atom stereocenters. The fourth-order valence-corrected chi connectivity index (χ4v) is 0.901. The molecule has 2 rings (SSSR count). The molecule has 2 heterocycles. The second kappa shape index (κ2) is 232. The van der Waals surface area contributed by atoms with Crippen molar-refractivity contribution in [2.75, 3.05) is 109 Å². The maximum Gasteiger partial charge on any atom is 0.590 e. The van der Waals surface area contributed by atoms with E-state index in [1.807, 2.05) is 0 Å². The van der Waals surface area contributed by atoms with Crippen molar-refractivity contribution in [1.82, 2.24) is 0 Å². The van der Waals surface area contributed by atoms with E-state index in [-0.39, 0.29) is 164 Å². The van der Waals surface area contributed by atoms with Crippen LogP contribution in [0.15, 0.2) is 50.2 Å². The third kappa shape index (κ3) is 635. The Kier molecular flexibility index (Phi) is 442. The molecular formula is C34H72F36O26S6W2Y2. The molecule has 0 atom stereocenters. The number of ether oxygens (including phenoxy) is 6. The van der Waals surface area contributed by atoms with Crippen molar-refractivity contribution >= 4 is 71.7 Å². The summed E-state index contributed by atoms with van der Waals surface area (Å²) in [5.41, 5.74) is 0. The molecule has 2 aliphatic heterocycles. The predicted octanol–water partition coefficient (Wildman–Crippen LogP) is 20.7. The average molecular weight is 2320 g/mol. The Balaban J connectivity index is -0.0000000206. The van der Waals surface area contributed by atoms with Gasteiger partial charge in [-0.15, -0.1) is 60.3 Å². The molecule has 0 saturated heterocycles. The van der Waals surface area contributed by atoms with Crippen LogP contribution in [0.5, 0.6) is 0 Å². The van der Waals surface area contributed by atoms with Gasteiger partial charge < -0.3 is 62.9 Å².